The van der Waals surface area contributed by atoms with E-state index in [9.17, 15) is 0 Å². The van der Waals surface area contributed by atoms with Crippen molar-refractivity contribution in [2.24, 2.45) is 0 Å². The standard InChI is InChI=1S/C11H10O/c1-2-5-11-10-7-4-3-6-9(10)8-12-11/h1,3-4,6-7,11H,5,8H2. The molecule has 0 radical (unpaired) electrons. The molecule has 1 aromatic carbocycles. The summed E-state index contributed by atoms with van der Waals surface area (Å²) >= 11 is 0. The van der Waals surface area contributed by atoms with Gasteiger partial charge in [-0.15, -0.1) is 12.3 Å². The molecule has 1 aromatic rings. The van der Waals surface area contributed by atoms with Gasteiger partial charge in [-0.05, 0) is 11.1 Å². The fourth-order valence-corrected chi connectivity index (χ4v) is 1.54. The molecule has 0 saturated heterocycles. The molecule has 1 heterocycles. The van der Waals surface area contributed by atoms with E-state index in [0.29, 0.717) is 13.0 Å². The minimum Gasteiger partial charge on any atom is -0.368 e. The predicted octanol–water partition coefficient (Wildman–Crippen LogP) is 2.28. The number of fused-ring (bicyclic) bond motifs is 1. The average Bonchev–Trinajstić information content (AvgIpc) is 2.50. The lowest BCUT2D eigenvalue weighted by Gasteiger charge is -2.05. The summed E-state index contributed by atoms with van der Waals surface area (Å²) in [7, 11) is 0. The topological polar surface area (TPSA) is 9.23 Å². The quantitative estimate of drug-likeness (QED) is 0.570. The SMILES string of the molecule is C#CCC1OCc2ccccc21. The van der Waals surface area contributed by atoms with Gasteiger partial charge in [-0.3, -0.25) is 0 Å². The first-order valence-electron chi connectivity index (χ1n) is 4.04. The lowest BCUT2D eigenvalue weighted by Crippen LogP contribution is -1.92. The van der Waals surface area contributed by atoms with Gasteiger partial charge in [0.2, 0.25) is 0 Å². The van der Waals surface area contributed by atoms with E-state index in [4.69, 9.17) is 11.2 Å². The van der Waals surface area contributed by atoms with Gasteiger partial charge in [0.25, 0.3) is 0 Å². The minimum atomic E-state index is 0.131. The van der Waals surface area contributed by atoms with Gasteiger partial charge < -0.3 is 4.74 Å². The molecule has 0 amide bonds. The fourth-order valence-electron chi connectivity index (χ4n) is 1.54. The minimum absolute atomic E-state index is 0.131. The second kappa shape index (κ2) is 3.00. The van der Waals surface area contributed by atoms with E-state index in [1.54, 1.807) is 0 Å². The average molecular weight is 158 g/mol. The number of rotatable bonds is 1. The monoisotopic (exact) mass is 158 g/mol. The summed E-state index contributed by atoms with van der Waals surface area (Å²) in [5.41, 5.74) is 2.54. The number of terminal acetylenes is 1. The fraction of sp³-hybridized carbons (Fsp3) is 0.273. The molecule has 0 aromatic heterocycles. The molecule has 12 heavy (non-hydrogen) atoms. The Bertz CT molecular complexity index is 322. The Balaban J connectivity index is 2.31. The Morgan fingerprint density at radius 1 is 1.50 bits per heavy atom. The number of hydrogen-bond acceptors (Lipinski definition) is 1. The van der Waals surface area contributed by atoms with E-state index in [1.165, 1.54) is 11.1 Å². The van der Waals surface area contributed by atoms with E-state index < -0.39 is 0 Å². The molecular formula is C11H10O. The molecule has 1 aliphatic heterocycles. The highest BCUT2D eigenvalue weighted by Crippen LogP contribution is 2.31. The Morgan fingerprint density at radius 3 is 3.17 bits per heavy atom. The van der Waals surface area contributed by atoms with Crippen molar-refractivity contribution < 1.29 is 4.74 Å². The maximum atomic E-state index is 5.52. The van der Waals surface area contributed by atoms with Gasteiger partial charge >= 0.3 is 0 Å². The Kier molecular flexibility index (Phi) is 1.85. The lowest BCUT2D eigenvalue weighted by atomic mass is 10.0. The van der Waals surface area contributed by atoms with Crippen molar-refractivity contribution in [1.82, 2.24) is 0 Å². The van der Waals surface area contributed by atoms with E-state index in [-0.39, 0.29) is 6.10 Å². The van der Waals surface area contributed by atoms with Crippen molar-refractivity contribution in [2.75, 3.05) is 0 Å². The molecule has 2 rings (SSSR count). The number of hydrogen-bond donors (Lipinski definition) is 0. The highest BCUT2D eigenvalue weighted by molar-refractivity contribution is 5.32. The van der Waals surface area contributed by atoms with Crippen LogP contribution >= 0.6 is 0 Å². The van der Waals surface area contributed by atoms with Crippen LogP contribution in [-0.4, -0.2) is 0 Å². The van der Waals surface area contributed by atoms with Crippen molar-refractivity contribution in [1.29, 1.82) is 0 Å². The Labute approximate surface area is 72.4 Å². The van der Waals surface area contributed by atoms with Crippen molar-refractivity contribution in [3.05, 3.63) is 35.4 Å². The molecule has 1 nitrogen and oxygen atoms in total. The highest BCUT2D eigenvalue weighted by atomic mass is 16.5. The largest absolute Gasteiger partial charge is 0.368 e. The third kappa shape index (κ3) is 1.11. The molecule has 60 valence electrons. The summed E-state index contributed by atoms with van der Waals surface area (Å²) in [6.07, 6.45) is 6.04. The molecule has 1 aliphatic rings. The van der Waals surface area contributed by atoms with E-state index in [0.717, 1.165) is 0 Å². The van der Waals surface area contributed by atoms with Gasteiger partial charge in [-0.1, -0.05) is 24.3 Å². The molecule has 0 aliphatic carbocycles. The van der Waals surface area contributed by atoms with Gasteiger partial charge in [0.15, 0.2) is 0 Å². The molecule has 1 unspecified atom stereocenters. The second-order valence-electron chi connectivity index (χ2n) is 2.91. The third-order valence-corrected chi connectivity index (χ3v) is 2.15. The first kappa shape index (κ1) is 7.39. The second-order valence-corrected chi connectivity index (χ2v) is 2.91. The lowest BCUT2D eigenvalue weighted by molar-refractivity contribution is 0.0699. The van der Waals surface area contributed by atoms with Crippen molar-refractivity contribution in [3.63, 3.8) is 0 Å². The molecule has 0 saturated carbocycles. The summed E-state index contributed by atoms with van der Waals surface area (Å²) in [6, 6.07) is 8.23. The summed E-state index contributed by atoms with van der Waals surface area (Å²) in [6.45, 7) is 0.711. The molecular weight excluding hydrogens is 148 g/mol. The van der Waals surface area contributed by atoms with Crippen LogP contribution in [0.3, 0.4) is 0 Å². The zero-order chi connectivity index (χ0) is 8.39. The van der Waals surface area contributed by atoms with E-state index >= 15 is 0 Å². The highest BCUT2D eigenvalue weighted by Gasteiger charge is 2.20. The van der Waals surface area contributed by atoms with Crippen molar-refractivity contribution >= 4 is 0 Å². The van der Waals surface area contributed by atoms with Crippen LogP contribution in [0.1, 0.15) is 23.7 Å². The van der Waals surface area contributed by atoms with Gasteiger partial charge in [0.05, 0.1) is 12.7 Å². The van der Waals surface area contributed by atoms with Crippen LogP contribution in [0.5, 0.6) is 0 Å². The smallest absolute Gasteiger partial charge is 0.0942 e. The summed E-state index contributed by atoms with van der Waals surface area (Å²) < 4.78 is 5.52. The first-order chi connectivity index (χ1) is 5.92. The zero-order valence-electron chi connectivity index (χ0n) is 6.79. The van der Waals surface area contributed by atoms with Crippen molar-refractivity contribution in [2.45, 2.75) is 19.1 Å². The predicted molar refractivity (Wildman–Crippen MR) is 47.4 cm³/mol. The van der Waals surface area contributed by atoms with Crippen LogP contribution in [0.25, 0.3) is 0 Å². The maximum absolute atomic E-state index is 5.52. The van der Waals surface area contributed by atoms with E-state index in [2.05, 4.69) is 18.1 Å². The molecule has 1 atom stereocenters. The van der Waals surface area contributed by atoms with Gasteiger partial charge in [-0.2, -0.15) is 0 Å². The third-order valence-electron chi connectivity index (χ3n) is 2.15. The van der Waals surface area contributed by atoms with Crippen LogP contribution in [0, 0.1) is 12.3 Å². The Hall–Kier alpha value is -1.26. The van der Waals surface area contributed by atoms with Gasteiger partial charge in [0.1, 0.15) is 0 Å². The zero-order valence-corrected chi connectivity index (χ0v) is 6.79. The molecule has 0 bridgehead atoms. The van der Waals surface area contributed by atoms with Crippen LogP contribution < -0.4 is 0 Å². The summed E-state index contributed by atoms with van der Waals surface area (Å²) in [4.78, 5) is 0. The molecule has 0 spiro atoms. The molecule has 1 heteroatoms. The van der Waals surface area contributed by atoms with Gasteiger partial charge in [-0.25, -0.2) is 0 Å². The van der Waals surface area contributed by atoms with Crippen LogP contribution in [-0.2, 0) is 11.3 Å². The first-order valence-corrected chi connectivity index (χ1v) is 4.04. The summed E-state index contributed by atoms with van der Waals surface area (Å²) in [5, 5.41) is 0. The van der Waals surface area contributed by atoms with Crippen molar-refractivity contribution in [3.8, 4) is 12.3 Å². The normalized spacial score (nSPS) is 20.1. The molecule has 0 N–H and O–H groups in total. The Morgan fingerprint density at radius 2 is 2.33 bits per heavy atom. The summed E-state index contributed by atoms with van der Waals surface area (Å²) in [5.74, 6) is 2.63. The van der Waals surface area contributed by atoms with Crippen LogP contribution in [0.15, 0.2) is 24.3 Å². The number of benzene rings is 1. The van der Waals surface area contributed by atoms with Crippen LogP contribution in [0.4, 0.5) is 0 Å². The molecule has 0 fully saturated rings. The van der Waals surface area contributed by atoms with Gasteiger partial charge in [0, 0.05) is 6.42 Å². The van der Waals surface area contributed by atoms with E-state index in [1.807, 2.05) is 12.1 Å². The van der Waals surface area contributed by atoms with Crippen LogP contribution in [0.2, 0.25) is 0 Å². The maximum Gasteiger partial charge on any atom is 0.0942 e. The number of ether oxygens (including phenoxy) is 1.